The molecule has 5 heteroatoms. The Hall–Kier alpha value is -2.30. The maximum atomic E-state index is 13.1. The zero-order valence-corrected chi connectivity index (χ0v) is 13.4. The van der Waals surface area contributed by atoms with Gasteiger partial charge in [0.05, 0.1) is 18.9 Å². The summed E-state index contributed by atoms with van der Waals surface area (Å²) in [5, 5.41) is 0. The van der Waals surface area contributed by atoms with Crippen molar-refractivity contribution in [2.45, 2.75) is 38.6 Å². The maximum absolute atomic E-state index is 13.1. The number of pyridine rings is 1. The number of amides is 1. The molecule has 1 aliphatic rings. The molecule has 0 bridgehead atoms. The molecule has 0 aliphatic carbocycles. The minimum Gasteiger partial charge on any atom is -0.477 e. The molecule has 0 aromatic carbocycles. The molecule has 3 heterocycles. The number of aromatic nitrogens is 1. The van der Waals surface area contributed by atoms with Crippen LogP contribution in [0, 0.1) is 0 Å². The summed E-state index contributed by atoms with van der Waals surface area (Å²) in [6.07, 6.45) is 7.47. The van der Waals surface area contributed by atoms with Crippen molar-refractivity contribution in [2.75, 3.05) is 13.2 Å². The van der Waals surface area contributed by atoms with Crippen molar-refractivity contribution in [2.24, 2.45) is 0 Å². The molecule has 0 unspecified atom stereocenters. The van der Waals surface area contributed by atoms with Crippen molar-refractivity contribution in [3.63, 3.8) is 0 Å². The molecule has 1 amide bonds. The fourth-order valence-corrected chi connectivity index (χ4v) is 3.09. The van der Waals surface area contributed by atoms with Crippen molar-refractivity contribution in [3.05, 3.63) is 48.0 Å². The summed E-state index contributed by atoms with van der Waals surface area (Å²) in [7, 11) is 0. The Labute approximate surface area is 136 Å². The standard InChI is InChI=1S/C18H22N2O3/c1-2-22-17-14(8-6-11-19-17)18(21)20-12-5-3-4-9-15(20)16-10-7-13-23-16/h6-8,10-11,13,15H,2-5,9,12H2,1H3/t15-/m1/s1. The topological polar surface area (TPSA) is 55.6 Å². The van der Waals surface area contributed by atoms with Crippen molar-refractivity contribution >= 4 is 5.91 Å². The summed E-state index contributed by atoms with van der Waals surface area (Å²) < 4.78 is 11.1. The van der Waals surface area contributed by atoms with E-state index >= 15 is 0 Å². The molecule has 5 nitrogen and oxygen atoms in total. The summed E-state index contributed by atoms with van der Waals surface area (Å²) >= 11 is 0. The monoisotopic (exact) mass is 314 g/mol. The molecule has 0 N–H and O–H groups in total. The minimum atomic E-state index is -0.0372. The van der Waals surface area contributed by atoms with Gasteiger partial charge in [-0.3, -0.25) is 4.79 Å². The molecule has 0 radical (unpaired) electrons. The lowest BCUT2D eigenvalue weighted by atomic mass is 10.1. The SMILES string of the molecule is CCOc1ncccc1C(=O)N1CCCCC[C@@H]1c1ccco1. The van der Waals surface area contributed by atoms with Crippen LogP contribution >= 0.6 is 0 Å². The number of hydrogen-bond acceptors (Lipinski definition) is 4. The first-order valence-corrected chi connectivity index (χ1v) is 8.23. The molecule has 0 saturated carbocycles. The van der Waals surface area contributed by atoms with E-state index in [1.54, 1.807) is 24.6 Å². The first-order chi connectivity index (χ1) is 11.3. The lowest BCUT2D eigenvalue weighted by Crippen LogP contribution is -2.35. The van der Waals surface area contributed by atoms with Gasteiger partial charge in [-0.25, -0.2) is 4.98 Å². The molecule has 122 valence electrons. The number of likely N-dealkylation sites (tertiary alicyclic amines) is 1. The van der Waals surface area contributed by atoms with Gasteiger partial charge in [0, 0.05) is 12.7 Å². The highest BCUT2D eigenvalue weighted by Crippen LogP contribution is 2.32. The highest BCUT2D eigenvalue weighted by molar-refractivity contribution is 5.96. The van der Waals surface area contributed by atoms with Gasteiger partial charge < -0.3 is 14.1 Å². The average molecular weight is 314 g/mol. The van der Waals surface area contributed by atoms with Gasteiger partial charge in [0.25, 0.3) is 5.91 Å². The third-order valence-corrected chi connectivity index (χ3v) is 4.17. The van der Waals surface area contributed by atoms with Gasteiger partial charge in [0.15, 0.2) is 0 Å². The van der Waals surface area contributed by atoms with E-state index in [1.165, 1.54) is 0 Å². The van der Waals surface area contributed by atoms with Crippen LogP contribution in [-0.4, -0.2) is 28.9 Å². The summed E-state index contributed by atoms with van der Waals surface area (Å²) in [6.45, 7) is 3.10. The molecule has 23 heavy (non-hydrogen) atoms. The molecule has 1 fully saturated rings. The van der Waals surface area contributed by atoms with E-state index in [0.717, 1.165) is 38.0 Å². The Morgan fingerprint density at radius 1 is 1.35 bits per heavy atom. The third kappa shape index (κ3) is 3.38. The number of hydrogen-bond donors (Lipinski definition) is 0. The molecule has 1 atom stereocenters. The molecule has 1 saturated heterocycles. The number of carbonyl (C=O) groups excluding carboxylic acids is 1. The van der Waals surface area contributed by atoms with Crippen molar-refractivity contribution in [1.82, 2.24) is 9.88 Å². The molecule has 2 aromatic heterocycles. The van der Waals surface area contributed by atoms with E-state index in [-0.39, 0.29) is 11.9 Å². The Morgan fingerprint density at radius 3 is 3.04 bits per heavy atom. The second-order valence-corrected chi connectivity index (χ2v) is 5.67. The molecule has 1 aliphatic heterocycles. The summed E-state index contributed by atoms with van der Waals surface area (Å²) in [5.41, 5.74) is 0.521. The maximum Gasteiger partial charge on any atom is 0.259 e. The highest BCUT2D eigenvalue weighted by Gasteiger charge is 2.30. The summed E-state index contributed by atoms with van der Waals surface area (Å²) in [4.78, 5) is 19.2. The second-order valence-electron chi connectivity index (χ2n) is 5.67. The smallest absolute Gasteiger partial charge is 0.259 e. The lowest BCUT2D eigenvalue weighted by Gasteiger charge is -2.29. The van der Waals surface area contributed by atoms with Gasteiger partial charge in [-0.15, -0.1) is 0 Å². The van der Waals surface area contributed by atoms with E-state index < -0.39 is 0 Å². The van der Waals surface area contributed by atoms with Crippen molar-refractivity contribution in [1.29, 1.82) is 0 Å². The predicted molar refractivity (Wildman–Crippen MR) is 86.4 cm³/mol. The Bertz CT molecular complexity index is 639. The molecule has 3 rings (SSSR count). The van der Waals surface area contributed by atoms with Crippen LogP contribution in [0.4, 0.5) is 0 Å². The number of furan rings is 1. The van der Waals surface area contributed by atoms with Crippen LogP contribution < -0.4 is 4.74 Å². The van der Waals surface area contributed by atoms with E-state index in [9.17, 15) is 4.79 Å². The quantitative estimate of drug-likeness (QED) is 0.860. The van der Waals surface area contributed by atoms with Gasteiger partial charge in [0.2, 0.25) is 5.88 Å². The first-order valence-electron chi connectivity index (χ1n) is 8.23. The zero-order valence-electron chi connectivity index (χ0n) is 13.4. The van der Waals surface area contributed by atoms with Crippen LogP contribution in [0.15, 0.2) is 41.1 Å². The average Bonchev–Trinajstić information content (AvgIpc) is 2.99. The third-order valence-electron chi connectivity index (χ3n) is 4.17. The molecular formula is C18H22N2O3. The number of nitrogens with zero attached hydrogens (tertiary/aromatic N) is 2. The van der Waals surface area contributed by atoms with Crippen LogP contribution in [0.1, 0.15) is 54.8 Å². The van der Waals surface area contributed by atoms with Crippen LogP contribution in [0.3, 0.4) is 0 Å². The van der Waals surface area contributed by atoms with Gasteiger partial charge in [-0.2, -0.15) is 0 Å². The minimum absolute atomic E-state index is 0.0188. The van der Waals surface area contributed by atoms with E-state index in [4.69, 9.17) is 9.15 Å². The fourth-order valence-electron chi connectivity index (χ4n) is 3.09. The largest absolute Gasteiger partial charge is 0.477 e. The zero-order chi connectivity index (χ0) is 16.1. The van der Waals surface area contributed by atoms with E-state index in [0.29, 0.717) is 18.1 Å². The predicted octanol–water partition coefficient (Wildman–Crippen LogP) is 3.83. The summed E-state index contributed by atoms with van der Waals surface area (Å²) in [6, 6.07) is 7.36. The van der Waals surface area contributed by atoms with Crippen LogP contribution in [0.5, 0.6) is 5.88 Å². The van der Waals surface area contributed by atoms with E-state index in [2.05, 4.69) is 4.98 Å². The summed E-state index contributed by atoms with van der Waals surface area (Å²) in [5.74, 6) is 1.22. The van der Waals surface area contributed by atoms with Crippen LogP contribution in [0.2, 0.25) is 0 Å². The normalized spacial score (nSPS) is 18.5. The Balaban J connectivity index is 1.92. The van der Waals surface area contributed by atoms with Crippen LogP contribution in [0.25, 0.3) is 0 Å². The molecule has 0 spiro atoms. The van der Waals surface area contributed by atoms with Crippen LogP contribution in [-0.2, 0) is 0 Å². The van der Waals surface area contributed by atoms with E-state index in [1.807, 2.05) is 24.0 Å². The fraction of sp³-hybridized carbons (Fsp3) is 0.444. The first kappa shape index (κ1) is 15.6. The molecular weight excluding hydrogens is 292 g/mol. The van der Waals surface area contributed by atoms with Gasteiger partial charge in [-0.1, -0.05) is 12.8 Å². The Kier molecular flexibility index (Phi) is 4.95. The number of carbonyl (C=O) groups is 1. The second kappa shape index (κ2) is 7.31. The number of rotatable bonds is 4. The van der Waals surface area contributed by atoms with Crippen molar-refractivity contribution < 1.29 is 13.9 Å². The van der Waals surface area contributed by atoms with Gasteiger partial charge in [-0.05, 0) is 44.0 Å². The Morgan fingerprint density at radius 2 is 2.26 bits per heavy atom. The lowest BCUT2D eigenvalue weighted by molar-refractivity contribution is 0.0653. The number of ether oxygens (including phenoxy) is 1. The van der Waals surface area contributed by atoms with Gasteiger partial charge >= 0.3 is 0 Å². The van der Waals surface area contributed by atoms with Gasteiger partial charge in [0.1, 0.15) is 11.3 Å². The van der Waals surface area contributed by atoms with Crippen molar-refractivity contribution in [3.8, 4) is 5.88 Å². The highest BCUT2D eigenvalue weighted by atomic mass is 16.5. The molecule has 2 aromatic rings.